The predicted molar refractivity (Wildman–Crippen MR) is 38.7 cm³/mol. The summed E-state index contributed by atoms with van der Waals surface area (Å²) in [7, 11) is 1.61. The van der Waals surface area contributed by atoms with Gasteiger partial charge < -0.3 is 14.6 Å². The third kappa shape index (κ3) is 4.73. The molecule has 0 aliphatic carbocycles. The summed E-state index contributed by atoms with van der Waals surface area (Å²) in [6, 6.07) is 0. The lowest BCUT2D eigenvalue weighted by Gasteiger charge is -2.13. The van der Waals surface area contributed by atoms with Crippen LogP contribution in [0.2, 0.25) is 0 Å². The molecule has 0 heterocycles. The van der Waals surface area contributed by atoms with Gasteiger partial charge in [-0.05, 0) is 13.3 Å². The van der Waals surface area contributed by atoms with Gasteiger partial charge in [-0.1, -0.05) is 0 Å². The van der Waals surface area contributed by atoms with Crippen LogP contribution in [0.25, 0.3) is 0 Å². The molecule has 1 N–H and O–H groups in total. The Morgan fingerprint density at radius 1 is 1.50 bits per heavy atom. The number of aliphatic hydroxyl groups is 1. The molecule has 0 aromatic heterocycles. The molecule has 0 radical (unpaired) electrons. The van der Waals surface area contributed by atoms with Gasteiger partial charge in [-0.3, -0.25) is 0 Å². The molecular weight excluding hydrogens is 132 g/mol. The lowest BCUT2D eigenvalue weighted by atomic mass is 10.3. The Labute approximate surface area is 62.0 Å². The lowest BCUT2D eigenvalue weighted by Crippen LogP contribution is -2.15. The zero-order chi connectivity index (χ0) is 7.82. The maximum atomic E-state index is 8.47. The van der Waals surface area contributed by atoms with Gasteiger partial charge in [-0.25, -0.2) is 0 Å². The van der Waals surface area contributed by atoms with Crippen LogP contribution in [0, 0.1) is 0 Å². The number of hydrogen-bond donors (Lipinski definition) is 1. The van der Waals surface area contributed by atoms with Gasteiger partial charge in [0.2, 0.25) is 0 Å². The highest BCUT2D eigenvalue weighted by molar-refractivity contribution is 4.43. The van der Waals surface area contributed by atoms with Crippen molar-refractivity contribution in [2.75, 3.05) is 20.3 Å². The Kier molecular flexibility index (Phi) is 6.91. The Morgan fingerprint density at radius 3 is 2.60 bits per heavy atom. The molecule has 1 unspecified atom stereocenters. The summed E-state index contributed by atoms with van der Waals surface area (Å²) in [4.78, 5) is 0. The van der Waals surface area contributed by atoms with E-state index in [9.17, 15) is 0 Å². The third-order valence-corrected chi connectivity index (χ3v) is 1.21. The maximum Gasteiger partial charge on any atom is 0.157 e. The minimum Gasteiger partial charge on any atom is -0.396 e. The fraction of sp³-hybridized carbons (Fsp3) is 1.00. The maximum absolute atomic E-state index is 8.47. The zero-order valence-electron chi connectivity index (χ0n) is 6.67. The molecule has 3 heteroatoms. The second-order valence-electron chi connectivity index (χ2n) is 1.99. The van der Waals surface area contributed by atoms with Gasteiger partial charge in [0.15, 0.2) is 6.29 Å². The Hall–Kier alpha value is -0.120. The van der Waals surface area contributed by atoms with Crippen molar-refractivity contribution in [3.05, 3.63) is 0 Å². The normalized spacial score (nSPS) is 13.5. The van der Waals surface area contributed by atoms with Crippen molar-refractivity contribution < 1.29 is 14.6 Å². The zero-order valence-corrected chi connectivity index (χ0v) is 6.67. The van der Waals surface area contributed by atoms with Crippen molar-refractivity contribution in [2.45, 2.75) is 26.1 Å². The average molecular weight is 148 g/mol. The molecule has 0 amide bonds. The summed E-state index contributed by atoms with van der Waals surface area (Å²) in [5.41, 5.74) is 0. The minimum atomic E-state index is -0.142. The van der Waals surface area contributed by atoms with Crippen LogP contribution in [-0.2, 0) is 9.47 Å². The molecule has 0 fully saturated rings. The number of rotatable bonds is 6. The predicted octanol–water partition coefficient (Wildman–Crippen LogP) is 0.768. The van der Waals surface area contributed by atoms with Gasteiger partial charge in [0.05, 0.1) is 0 Å². The van der Waals surface area contributed by atoms with Gasteiger partial charge in [0.25, 0.3) is 0 Å². The molecule has 0 rings (SSSR count). The van der Waals surface area contributed by atoms with E-state index in [0.717, 1.165) is 12.8 Å². The monoisotopic (exact) mass is 148 g/mol. The smallest absolute Gasteiger partial charge is 0.157 e. The van der Waals surface area contributed by atoms with Crippen molar-refractivity contribution in [2.24, 2.45) is 0 Å². The topological polar surface area (TPSA) is 38.7 Å². The number of aliphatic hydroxyl groups excluding tert-OH is 1. The van der Waals surface area contributed by atoms with E-state index in [1.165, 1.54) is 0 Å². The summed E-state index contributed by atoms with van der Waals surface area (Å²) in [6.07, 6.45) is 1.36. The molecule has 62 valence electrons. The fourth-order valence-corrected chi connectivity index (χ4v) is 0.713. The molecule has 3 nitrogen and oxygen atoms in total. The summed E-state index contributed by atoms with van der Waals surface area (Å²) in [5, 5.41) is 8.47. The fourth-order valence-electron chi connectivity index (χ4n) is 0.713. The molecule has 0 aliphatic rings. The highest BCUT2D eigenvalue weighted by Crippen LogP contribution is 2.01. The van der Waals surface area contributed by atoms with Crippen LogP contribution in [0.4, 0.5) is 0 Å². The summed E-state index contributed by atoms with van der Waals surface area (Å²) in [6.45, 7) is 2.78. The van der Waals surface area contributed by atoms with Gasteiger partial charge in [-0.15, -0.1) is 0 Å². The summed E-state index contributed by atoms with van der Waals surface area (Å²) in [5.74, 6) is 0. The quantitative estimate of drug-likeness (QED) is 0.565. The first-order valence-electron chi connectivity index (χ1n) is 3.60. The van der Waals surface area contributed by atoms with E-state index in [1.54, 1.807) is 7.11 Å². The molecule has 10 heavy (non-hydrogen) atoms. The standard InChI is InChI=1S/C7H16O3/c1-3-10-7(9-2)5-4-6-8/h7-8H,3-6H2,1-2H3. The van der Waals surface area contributed by atoms with Crippen LogP contribution in [-0.4, -0.2) is 31.7 Å². The van der Waals surface area contributed by atoms with E-state index >= 15 is 0 Å². The first-order valence-corrected chi connectivity index (χ1v) is 3.60. The van der Waals surface area contributed by atoms with E-state index in [-0.39, 0.29) is 12.9 Å². The van der Waals surface area contributed by atoms with Crippen LogP contribution in [0.1, 0.15) is 19.8 Å². The van der Waals surface area contributed by atoms with E-state index in [1.807, 2.05) is 6.92 Å². The van der Waals surface area contributed by atoms with E-state index in [0.29, 0.717) is 6.61 Å². The van der Waals surface area contributed by atoms with Crippen LogP contribution in [0.3, 0.4) is 0 Å². The van der Waals surface area contributed by atoms with Gasteiger partial charge in [-0.2, -0.15) is 0 Å². The largest absolute Gasteiger partial charge is 0.396 e. The van der Waals surface area contributed by atoms with E-state index < -0.39 is 0 Å². The van der Waals surface area contributed by atoms with Gasteiger partial charge in [0, 0.05) is 26.7 Å². The van der Waals surface area contributed by atoms with Crippen LogP contribution in [0.15, 0.2) is 0 Å². The van der Waals surface area contributed by atoms with Crippen LogP contribution >= 0.6 is 0 Å². The second kappa shape index (κ2) is 6.99. The number of hydrogen-bond acceptors (Lipinski definition) is 3. The first kappa shape index (κ1) is 9.88. The second-order valence-corrected chi connectivity index (χ2v) is 1.99. The van der Waals surface area contributed by atoms with Gasteiger partial charge in [0.1, 0.15) is 0 Å². The summed E-state index contributed by atoms with van der Waals surface area (Å²) < 4.78 is 10.1. The SMILES string of the molecule is CCOC(CCCO)OC. The van der Waals surface area contributed by atoms with Crippen LogP contribution in [0.5, 0.6) is 0 Å². The molecule has 0 bridgehead atoms. The Bertz CT molecular complexity index is 65.9. The van der Waals surface area contributed by atoms with Crippen molar-refractivity contribution in [1.82, 2.24) is 0 Å². The molecule has 0 saturated heterocycles. The molecule has 0 aromatic carbocycles. The molecular formula is C7H16O3. The third-order valence-electron chi connectivity index (χ3n) is 1.21. The van der Waals surface area contributed by atoms with Gasteiger partial charge >= 0.3 is 0 Å². The Morgan fingerprint density at radius 2 is 2.20 bits per heavy atom. The summed E-state index contributed by atoms with van der Waals surface area (Å²) >= 11 is 0. The first-order chi connectivity index (χ1) is 4.85. The highest BCUT2D eigenvalue weighted by Gasteiger charge is 2.03. The number of ether oxygens (including phenoxy) is 2. The number of methoxy groups -OCH3 is 1. The lowest BCUT2D eigenvalue weighted by molar-refractivity contribution is -0.125. The van der Waals surface area contributed by atoms with Crippen molar-refractivity contribution in [3.8, 4) is 0 Å². The molecule has 0 aromatic rings. The molecule has 0 aliphatic heterocycles. The van der Waals surface area contributed by atoms with Crippen LogP contribution < -0.4 is 0 Å². The van der Waals surface area contributed by atoms with Crippen molar-refractivity contribution in [1.29, 1.82) is 0 Å². The van der Waals surface area contributed by atoms with Crippen molar-refractivity contribution in [3.63, 3.8) is 0 Å². The average Bonchev–Trinajstić information content (AvgIpc) is 1.98. The highest BCUT2D eigenvalue weighted by atomic mass is 16.7. The minimum absolute atomic E-state index is 0.142. The molecule has 0 spiro atoms. The molecule has 0 saturated carbocycles. The Balaban J connectivity index is 3.21. The molecule has 1 atom stereocenters. The van der Waals surface area contributed by atoms with E-state index in [2.05, 4.69) is 0 Å². The van der Waals surface area contributed by atoms with Crippen molar-refractivity contribution >= 4 is 0 Å². The van der Waals surface area contributed by atoms with E-state index in [4.69, 9.17) is 14.6 Å².